The molecule has 0 amide bonds. The molecule has 1 aromatic heterocycles. The Hall–Kier alpha value is -0.220. The SMILES string of the molecule is CC(C)c1nc(=S)c(Br)c(C2CC2)[nH]1. The highest BCUT2D eigenvalue weighted by Crippen LogP contribution is 2.42. The zero-order valence-electron chi connectivity index (χ0n) is 8.30. The van der Waals surface area contributed by atoms with Gasteiger partial charge in [0.2, 0.25) is 0 Å². The maximum absolute atomic E-state index is 5.22. The van der Waals surface area contributed by atoms with E-state index in [9.17, 15) is 0 Å². The molecule has 1 saturated carbocycles. The molecule has 1 heterocycles. The van der Waals surface area contributed by atoms with Gasteiger partial charge in [0.25, 0.3) is 0 Å². The predicted octanol–water partition coefficient (Wildman–Crippen LogP) is 3.90. The number of halogens is 1. The van der Waals surface area contributed by atoms with Gasteiger partial charge in [-0.1, -0.05) is 26.1 Å². The van der Waals surface area contributed by atoms with Crippen LogP contribution in [0, 0.1) is 4.64 Å². The first-order valence-corrected chi connectivity index (χ1v) is 6.09. The van der Waals surface area contributed by atoms with Crippen molar-refractivity contribution in [3.8, 4) is 0 Å². The summed E-state index contributed by atoms with van der Waals surface area (Å²) in [6.07, 6.45) is 2.54. The van der Waals surface area contributed by atoms with E-state index in [0.29, 0.717) is 16.5 Å². The summed E-state index contributed by atoms with van der Waals surface area (Å²) in [4.78, 5) is 7.75. The van der Waals surface area contributed by atoms with Gasteiger partial charge in [-0.3, -0.25) is 0 Å². The lowest BCUT2D eigenvalue weighted by Gasteiger charge is -2.09. The average Bonchev–Trinajstić information content (AvgIpc) is 2.92. The van der Waals surface area contributed by atoms with Crippen LogP contribution in [0.15, 0.2) is 4.47 Å². The molecule has 4 heteroatoms. The maximum atomic E-state index is 5.22. The molecule has 0 radical (unpaired) electrons. The molecule has 0 spiro atoms. The Morgan fingerprint density at radius 2 is 2.14 bits per heavy atom. The van der Waals surface area contributed by atoms with E-state index >= 15 is 0 Å². The normalized spacial score (nSPS) is 16.3. The van der Waals surface area contributed by atoms with Gasteiger partial charge in [0.05, 0.1) is 4.47 Å². The second-order valence-electron chi connectivity index (χ2n) is 4.08. The third-order valence-corrected chi connectivity index (χ3v) is 3.80. The molecule has 0 unspecified atom stereocenters. The highest BCUT2D eigenvalue weighted by Gasteiger charge is 2.27. The van der Waals surface area contributed by atoms with E-state index in [4.69, 9.17) is 12.2 Å². The summed E-state index contributed by atoms with van der Waals surface area (Å²) in [6.45, 7) is 4.25. The molecular weight excluding hydrogens is 260 g/mol. The lowest BCUT2D eigenvalue weighted by atomic mass is 10.2. The lowest BCUT2D eigenvalue weighted by Crippen LogP contribution is -2.02. The third-order valence-electron chi connectivity index (χ3n) is 2.44. The van der Waals surface area contributed by atoms with E-state index < -0.39 is 0 Å². The summed E-state index contributed by atoms with van der Waals surface area (Å²) in [5.41, 5.74) is 1.24. The summed E-state index contributed by atoms with van der Waals surface area (Å²) in [5, 5.41) is 0. The fraction of sp³-hybridized carbons (Fsp3) is 0.600. The monoisotopic (exact) mass is 272 g/mol. The van der Waals surface area contributed by atoms with Gasteiger partial charge >= 0.3 is 0 Å². The summed E-state index contributed by atoms with van der Waals surface area (Å²) >= 11 is 8.72. The summed E-state index contributed by atoms with van der Waals surface area (Å²) < 4.78 is 1.67. The number of H-pyrrole nitrogens is 1. The van der Waals surface area contributed by atoms with Crippen LogP contribution in [0.25, 0.3) is 0 Å². The molecule has 2 nitrogen and oxygen atoms in total. The molecule has 1 N–H and O–H groups in total. The number of nitrogens with zero attached hydrogens (tertiary/aromatic N) is 1. The van der Waals surface area contributed by atoms with E-state index in [1.54, 1.807) is 0 Å². The van der Waals surface area contributed by atoms with Crippen LogP contribution < -0.4 is 0 Å². The van der Waals surface area contributed by atoms with Crippen LogP contribution in [-0.2, 0) is 0 Å². The first-order chi connectivity index (χ1) is 6.59. The van der Waals surface area contributed by atoms with Crippen LogP contribution in [0.5, 0.6) is 0 Å². The first-order valence-electron chi connectivity index (χ1n) is 4.89. The van der Waals surface area contributed by atoms with Crippen molar-refractivity contribution in [2.45, 2.75) is 38.5 Å². The summed E-state index contributed by atoms with van der Waals surface area (Å²) in [5.74, 6) is 2.08. The smallest absolute Gasteiger partial charge is 0.144 e. The summed E-state index contributed by atoms with van der Waals surface area (Å²) in [6, 6.07) is 0. The average molecular weight is 273 g/mol. The Labute approximate surface area is 97.3 Å². The van der Waals surface area contributed by atoms with Crippen LogP contribution in [0.3, 0.4) is 0 Å². The molecule has 0 atom stereocenters. The van der Waals surface area contributed by atoms with E-state index in [1.807, 2.05) is 0 Å². The van der Waals surface area contributed by atoms with Gasteiger partial charge in [0.1, 0.15) is 10.5 Å². The van der Waals surface area contributed by atoms with Crippen molar-refractivity contribution >= 4 is 28.1 Å². The fourth-order valence-corrected chi connectivity index (χ4v) is 2.14. The van der Waals surface area contributed by atoms with Crippen LogP contribution in [0.1, 0.15) is 50.0 Å². The van der Waals surface area contributed by atoms with Gasteiger partial charge < -0.3 is 4.98 Å². The van der Waals surface area contributed by atoms with Crippen molar-refractivity contribution in [1.82, 2.24) is 9.97 Å². The number of aromatic amines is 1. The van der Waals surface area contributed by atoms with Crippen LogP contribution in [0.2, 0.25) is 0 Å². The van der Waals surface area contributed by atoms with Gasteiger partial charge in [-0.2, -0.15) is 0 Å². The molecule has 1 fully saturated rings. The number of nitrogens with one attached hydrogen (secondary N) is 1. The standard InChI is InChI=1S/C10H13BrN2S/c1-5(2)9-12-8(6-3-4-6)7(11)10(14)13-9/h5-6H,3-4H2,1-2H3,(H,12,13,14). The van der Waals surface area contributed by atoms with Crippen molar-refractivity contribution < 1.29 is 0 Å². The van der Waals surface area contributed by atoms with Crippen LogP contribution >= 0.6 is 28.1 Å². The number of rotatable bonds is 2. The second-order valence-corrected chi connectivity index (χ2v) is 5.26. The van der Waals surface area contributed by atoms with Crippen LogP contribution in [-0.4, -0.2) is 9.97 Å². The number of hydrogen-bond donors (Lipinski definition) is 1. The van der Waals surface area contributed by atoms with E-state index in [1.165, 1.54) is 18.5 Å². The first kappa shape index (κ1) is 10.3. The fourth-order valence-electron chi connectivity index (χ4n) is 1.42. The zero-order chi connectivity index (χ0) is 10.3. The van der Waals surface area contributed by atoms with E-state index in [-0.39, 0.29) is 0 Å². The molecule has 0 saturated heterocycles. The Kier molecular flexibility index (Phi) is 2.75. The van der Waals surface area contributed by atoms with E-state index in [2.05, 4.69) is 39.7 Å². The van der Waals surface area contributed by atoms with Crippen LogP contribution in [0.4, 0.5) is 0 Å². The molecule has 0 aliphatic heterocycles. The van der Waals surface area contributed by atoms with Crippen molar-refractivity contribution in [3.63, 3.8) is 0 Å². The van der Waals surface area contributed by atoms with Gasteiger partial charge in [0.15, 0.2) is 0 Å². The maximum Gasteiger partial charge on any atom is 0.144 e. The van der Waals surface area contributed by atoms with Crippen molar-refractivity contribution in [2.75, 3.05) is 0 Å². The predicted molar refractivity (Wildman–Crippen MR) is 63.2 cm³/mol. The third kappa shape index (κ3) is 1.91. The highest BCUT2D eigenvalue weighted by molar-refractivity contribution is 9.10. The molecule has 1 aliphatic carbocycles. The Bertz CT molecular complexity index is 407. The van der Waals surface area contributed by atoms with Gasteiger partial charge in [-0.25, -0.2) is 4.98 Å². The van der Waals surface area contributed by atoms with Gasteiger partial charge in [-0.05, 0) is 28.8 Å². The minimum atomic E-state index is 0.405. The topological polar surface area (TPSA) is 28.7 Å². The minimum Gasteiger partial charge on any atom is -0.346 e. The Balaban J connectivity index is 2.52. The molecule has 0 bridgehead atoms. The molecule has 14 heavy (non-hydrogen) atoms. The Morgan fingerprint density at radius 3 is 2.64 bits per heavy atom. The quantitative estimate of drug-likeness (QED) is 0.828. The number of aromatic nitrogens is 2. The summed E-state index contributed by atoms with van der Waals surface area (Å²) in [7, 11) is 0. The lowest BCUT2D eigenvalue weighted by molar-refractivity contribution is 0.750. The molecule has 76 valence electrons. The second kappa shape index (κ2) is 3.74. The Morgan fingerprint density at radius 1 is 1.50 bits per heavy atom. The molecule has 2 rings (SSSR count). The van der Waals surface area contributed by atoms with Crippen molar-refractivity contribution in [1.29, 1.82) is 0 Å². The van der Waals surface area contributed by atoms with Gasteiger partial charge in [0, 0.05) is 17.5 Å². The van der Waals surface area contributed by atoms with Crippen molar-refractivity contribution in [2.24, 2.45) is 0 Å². The molecule has 1 aliphatic rings. The molecular formula is C10H13BrN2S. The molecule has 0 aromatic carbocycles. The highest BCUT2D eigenvalue weighted by atomic mass is 79.9. The molecule has 1 aromatic rings. The van der Waals surface area contributed by atoms with Gasteiger partial charge in [-0.15, -0.1) is 0 Å². The largest absolute Gasteiger partial charge is 0.346 e. The van der Waals surface area contributed by atoms with Crippen molar-refractivity contribution in [3.05, 3.63) is 20.6 Å². The number of hydrogen-bond acceptors (Lipinski definition) is 2. The zero-order valence-corrected chi connectivity index (χ0v) is 10.7. The van der Waals surface area contributed by atoms with E-state index in [0.717, 1.165) is 10.3 Å². The minimum absolute atomic E-state index is 0.405.